The third-order valence-corrected chi connectivity index (χ3v) is 5.13. The standard InChI is InChI=1S/C21H31N5O3/c1-6-12-26-19(22)18(20(28)24(5)21(26)29)17(27)14-25(7-2)13-15-8-10-16(11-9-15)23(3)4/h8-11H,6-7,12-14,22H2,1-5H3/p+1. The number of anilines is 2. The fraction of sp³-hybridized carbons (Fsp3) is 0.476. The lowest BCUT2D eigenvalue weighted by Crippen LogP contribution is -3.11. The van der Waals surface area contributed by atoms with Gasteiger partial charge in [-0.05, 0) is 25.5 Å². The summed E-state index contributed by atoms with van der Waals surface area (Å²) in [5, 5.41) is 0. The molecule has 0 aliphatic heterocycles. The molecule has 2 aromatic rings. The van der Waals surface area contributed by atoms with Crippen molar-refractivity contribution in [2.75, 3.05) is 37.8 Å². The molecule has 0 aliphatic carbocycles. The van der Waals surface area contributed by atoms with Crippen LogP contribution >= 0.6 is 0 Å². The molecule has 1 unspecified atom stereocenters. The Morgan fingerprint density at radius 2 is 1.76 bits per heavy atom. The van der Waals surface area contributed by atoms with Crippen LogP contribution in [0, 0.1) is 0 Å². The van der Waals surface area contributed by atoms with Gasteiger partial charge in [-0.1, -0.05) is 19.1 Å². The summed E-state index contributed by atoms with van der Waals surface area (Å²) in [6.45, 7) is 5.78. The van der Waals surface area contributed by atoms with E-state index >= 15 is 0 Å². The monoisotopic (exact) mass is 402 g/mol. The van der Waals surface area contributed by atoms with Gasteiger partial charge in [0.05, 0.1) is 6.54 Å². The summed E-state index contributed by atoms with van der Waals surface area (Å²) in [6.07, 6.45) is 0.672. The Hall–Kier alpha value is -2.87. The molecule has 0 radical (unpaired) electrons. The summed E-state index contributed by atoms with van der Waals surface area (Å²) in [4.78, 5) is 40.9. The van der Waals surface area contributed by atoms with E-state index in [1.54, 1.807) is 0 Å². The molecule has 0 saturated heterocycles. The predicted molar refractivity (Wildman–Crippen MR) is 116 cm³/mol. The highest BCUT2D eigenvalue weighted by molar-refractivity contribution is 6.00. The molecule has 1 heterocycles. The Labute approximate surface area is 171 Å². The number of carbonyl (C=O) groups excluding carboxylic acids is 1. The van der Waals surface area contributed by atoms with Crippen LogP contribution < -0.4 is 26.8 Å². The molecule has 0 saturated carbocycles. The van der Waals surface area contributed by atoms with Crippen molar-refractivity contribution in [3.8, 4) is 0 Å². The molecule has 1 atom stereocenters. The van der Waals surface area contributed by atoms with Gasteiger partial charge in [0, 0.05) is 38.9 Å². The lowest BCUT2D eigenvalue weighted by molar-refractivity contribution is -0.903. The molecular weight excluding hydrogens is 370 g/mol. The number of hydrogen-bond donors (Lipinski definition) is 2. The third kappa shape index (κ3) is 4.95. The number of ketones is 1. The van der Waals surface area contributed by atoms with E-state index in [0.717, 1.165) is 27.3 Å². The van der Waals surface area contributed by atoms with Crippen LogP contribution in [0.3, 0.4) is 0 Å². The average Bonchev–Trinajstić information content (AvgIpc) is 2.69. The second-order valence-corrected chi connectivity index (χ2v) is 7.50. The quantitative estimate of drug-likeness (QED) is 0.571. The number of likely N-dealkylation sites (N-methyl/N-ethyl adjacent to an activating group) is 1. The van der Waals surface area contributed by atoms with Crippen LogP contribution in [0.1, 0.15) is 36.2 Å². The molecule has 8 nitrogen and oxygen atoms in total. The Morgan fingerprint density at radius 1 is 1.14 bits per heavy atom. The molecule has 1 aromatic heterocycles. The topological polar surface area (TPSA) is 94.8 Å². The van der Waals surface area contributed by atoms with Crippen molar-refractivity contribution in [1.29, 1.82) is 0 Å². The number of nitrogens with zero attached hydrogens (tertiary/aromatic N) is 3. The van der Waals surface area contributed by atoms with Gasteiger partial charge in [0.25, 0.3) is 5.56 Å². The summed E-state index contributed by atoms with van der Waals surface area (Å²) in [6, 6.07) is 8.17. The van der Waals surface area contributed by atoms with E-state index in [-0.39, 0.29) is 23.7 Å². The van der Waals surface area contributed by atoms with Gasteiger partial charge in [-0.25, -0.2) is 4.79 Å². The fourth-order valence-corrected chi connectivity index (χ4v) is 3.31. The predicted octanol–water partition coefficient (Wildman–Crippen LogP) is -0.107. The second kappa shape index (κ2) is 9.56. The Bertz CT molecular complexity index is 974. The number of nitrogen functional groups attached to an aromatic ring is 1. The summed E-state index contributed by atoms with van der Waals surface area (Å²) in [5.41, 5.74) is 7.08. The van der Waals surface area contributed by atoms with Crippen LogP contribution in [0.5, 0.6) is 0 Å². The number of quaternary nitrogens is 1. The van der Waals surface area contributed by atoms with E-state index in [1.807, 2.05) is 57.1 Å². The number of carbonyl (C=O) groups is 1. The number of rotatable bonds is 9. The maximum atomic E-state index is 13.0. The smallest absolute Gasteiger partial charge is 0.332 e. The fourth-order valence-electron chi connectivity index (χ4n) is 3.31. The van der Waals surface area contributed by atoms with Crippen LogP contribution in [0.25, 0.3) is 0 Å². The SMILES string of the molecule is CCCn1c(N)c(C(=O)C[NH+](CC)Cc2ccc(N(C)C)cc2)c(=O)n(C)c1=O. The van der Waals surface area contributed by atoms with Gasteiger partial charge in [0.1, 0.15) is 24.5 Å². The number of Topliss-reactive ketones (excluding diaryl/α,β-unsaturated/α-hetero) is 1. The van der Waals surface area contributed by atoms with Crippen LogP contribution in [0.4, 0.5) is 11.5 Å². The Kier molecular flexibility index (Phi) is 7.39. The van der Waals surface area contributed by atoms with E-state index in [1.165, 1.54) is 11.6 Å². The van der Waals surface area contributed by atoms with E-state index in [2.05, 4.69) is 0 Å². The molecule has 0 fully saturated rings. The number of benzene rings is 1. The van der Waals surface area contributed by atoms with Crippen LogP contribution in [0.2, 0.25) is 0 Å². The first-order valence-corrected chi connectivity index (χ1v) is 9.93. The second-order valence-electron chi connectivity index (χ2n) is 7.50. The first kappa shape index (κ1) is 22.4. The minimum absolute atomic E-state index is 0.0317. The maximum absolute atomic E-state index is 13.0. The number of nitrogens with two attached hydrogens (primary N) is 1. The molecule has 29 heavy (non-hydrogen) atoms. The summed E-state index contributed by atoms with van der Waals surface area (Å²) >= 11 is 0. The molecule has 0 spiro atoms. The first-order valence-electron chi connectivity index (χ1n) is 9.93. The number of hydrogen-bond acceptors (Lipinski definition) is 5. The highest BCUT2D eigenvalue weighted by Crippen LogP contribution is 2.11. The molecule has 1 aromatic carbocycles. The highest BCUT2D eigenvalue weighted by Gasteiger charge is 2.24. The third-order valence-electron chi connectivity index (χ3n) is 5.13. The van der Waals surface area contributed by atoms with Crippen molar-refractivity contribution in [2.24, 2.45) is 7.05 Å². The van der Waals surface area contributed by atoms with Gasteiger partial charge in [-0.2, -0.15) is 0 Å². The largest absolute Gasteiger partial charge is 0.384 e. The summed E-state index contributed by atoms with van der Waals surface area (Å²) < 4.78 is 2.27. The maximum Gasteiger partial charge on any atom is 0.332 e. The number of nitrogens with one attached hydrogen (secondary N) is 1. The molecule has 3 N–H and O–H groups in total. The lowest BCUT2D eigenvalue weighted by atomic mass is 10.1. The van der Waals surface area contributed by atoms with Gasteiger partial charge in [0.2, 0.25) is 5.78 Å². The normalized spacial score (nSPS) is 12.0. The Balaban J connectivity index is 2.27. The molecule has 158 valence electrons. The number of aromatic nitrogens is 2. The molecule has 2 rings (SSSR count). The van der Waals surface area contributed by atoms with Crippen molar-refractivity contribution >= 4 is 17.3 Å². The minimum Gasteiger partial charge on any atom is -0.384 e. The van der Waals surface area contributed by atoms with Gasteiger partial charge >= 0.3 is 5.69 Å². The minimum atomic E-state index is -0.629. The highest BCUT2D eigenvalue weighted by atomic mass is 16.2. The molecule has 0 bridgehead atoms. The van der Waals surface area contributed by atoms with Crippen molar-refractivity contribution in [3.63, 3.8) is 0 Å². The zero-order valence-corrected chi connectivity index (χ0v) is 18.0. The first-order chi connectivity index (χ1) is 13.7. The van der Waals surface area contributed by atoms with Gasteiger partial charge in [-0.3, -0.25) is 18.7 Å². The zero-order chi connectivity index (χ0) is 21.7. The van der Waals surface area contributed by atoms with Crippen molar-refractivity contribution in [2.45, 2.75) is 33.4 Å². The van der Waals surface area contributed by atoms with E-state index in [0.29, 0.717) is 19.5 Å². The summed E-state index contributed by atoms with van der Waals surface area (Å²) in [7, 11) is 5.35. The molecule has 8 heteroatoms. The van der Waals surface area contributed by atoms with Crippen LogP contribution in [0.15, 0.2) is 33.9 Å². The lowest BCUT2D eigenvalue weighted by Gasteiger charge is -2.19. The van der Waals surface area contributed by atoms with Gasteiger partial charge in [-0.15, -0.1) is 0 Å². The van der Waals surface area contributed by atoms with Crippen molar-refractivity contribution < 1.29 is 9.69 Å². The molecule has 0 aliphatic rings. The zero-order valence-electron chi connectivity index (χ0n) is 18.0. The van der Waals surface area contributed by atoms with Crippen molar-refractivity contribution in [1.82, 2.24) is 9.13 Å². The Morgan fingerprint density at radius 3 is 2.28 bits per heavy atom. The van der Waals surface area contributed by atoms with E-state index in [9.17, 15) is 14.4 Å². The van der Waals surface area contributed by atoms with E-state index in [4.69, 9.17) is 5.73 Å². The average molecular weight is 403 g/mol. The van der Waals surface area contributed by atoms with Crippen molar-refractivity contribution in [3.05, 3.63) is 56.2 Å². The van der Waals surface area contributed by atoms with Crippen LogP contribution in [-0.4, -0.2) is 42.1 Å². The van der Waals surface area contributed by atoms with E-state index < -0.39 is 11.2 Å². The molecular formula is C21H32N5O3+. The van der Waals surface area contributed by atoms with Gasteiger partial charge in [0.15, 0.2) is 0 Å². The van der Waals surface area contributed by atoms with Crippen LogP contribution in [-0.2, 0) is 20.1 Å². The summed E-state index contributed by atoms with van der Waals surface area (Å²) in [5.74, 6) is -0.370. The van der Waals surface area contributed by atoms with Gasteiger partial charge < -0.3 is 15.5 Å². The molecule has 0 amide bonds.